The number of nitrogens with zero attached hydrogens (tertiary/aromatic N) is 4. The summed E-state index contributed by atoms with van der Waals surface area (Å²) in [5.74, 6) is -10.9. The van der Waals surface area contributed by atoms with Gasteiger partial charge >= 0.3 is 11.9 Å². The number of aryl methyl sites for hydroxylation is 1. The standard InChI is InChI=1S/C50H67N11O16/c1-8-9-14-32(42(67)44(51)68)54-46(70)34(21-27(2)3)57-49(73)43(50(5,6)7)58-48(72)35(22-29-13-11-10-12-28(29)4)56-45(69)33(16-19-40(63)64)55-47(71)36(53-39(62)18-20-41(65)66)23-30-25-59(26-52-30)37-17-15-31(60(74)75)24-38(37)61(76)77/h10-13,15,17,24-27,32-36,43H,8-9,14,16,18-23H2,1-7H3,(H2,51,68)(H,53,62)(H,54,70)(H,55,71)(H,56,69)(H,57,73)(H,58,72)(H,63,64)(H,65,66)/t32-,33-,34-,35-,36-,43+/m0/s1. The van der Waals surface area contributed by atoms with Gasteiger partial charge in [-0.15, -0.1) is 0 Å². The third-order valence-corrected chi connectivity index (χ3v) is 12.0. The topological polar surface area (TPSA) is 413 Å². The van der Waals surface area contributed by atoms with E-state index >= 15 is 0 Å². The molecule has 0 fully saturated rings. The normalized spacial score (nSPS) is 13.6. The number of rotatable bonds is 31. The van der Waals surface area contributed by atoms with Gasteiger partial charge in [-0.2, -0.15) is 0 Å². The molecule has 7 amide bonds. The molecule has 3 rings (SSSR count). The van der Waals surface area contributed by atoms with Gasteiger partial charge in [0, 0.05) is 37.9 Å². The Morgan fingerprint density at radius 1 is 0.701 bits per heavy atom. The number of aromatic nitrogens is 2. The molecular formula is C50H67N11O16. The summed E-state index contributed by atoms with van der Waals surface area (Å²) in [6.07, 6.45) is 0.261. The fourth-order valence-corrected chi connectivity index (χ4v) is 7.84. The molecule has 0 saturated heterocycles. The molecule has 0 aliphatic carbocycles. The van der Waals surface area contributed by atoms with Crippen molar-refractivity contribution < 1.29 is 68.0 Å². The van der Waals surface area contributed by atoms with Crippen LogP contribution in [0.25, 0.3) is 5.69 Å². The van der Waals surface area contributed by atoms with E-state index in [0.29, 0.717) is 24.0 Å². The number of amides is 7. The summed E-state index contributed by atoms with van der Waals surface area (Å²) < 4.78 is 1.12. The van der Waals surface area contributed by atoms with Crippen LogP contribution in [0.4, 0.5) is 11.4 Å². The van der Waals surface area contributed by atoms with Gasteiger partial charge in [0.1, 0.15) is 35.9 Å². The Balaban J connectivity index is 2.03. The van der Waals surface area contributed by atoms with Gasteiger partial charge in [-0.3, -0.25) is 72.7 Å². The zero-order chi connectivity index (χ0) is 57.9. The highest BCUT2D eigenvalue weighted by atomic mass is 16.6. The number of carbonyl (C=O) groups excluding carboxylic acids is 8. The highest BCUT2D eigenvalue weighted by Gasteiger charge is 2.39. The Hall–Kier alpha value is -8.65. The van der Waals surface area contributed by atoms with Crippen molar-refractivity contribution in [3.63, 3.8) is 0 Å². The Bertz CT molecular complexity index is 2700. The minimum absolute atomic E-state index is 0.0132. The molecule has 0 saturated carbocycles. The van der Waals surface area contributed by atoms with Crippen molar-refractivity contribution in [2.75, 3.05) is 0 Å². The van der Waals surface area contributed by atoms with Crippen LogP contribution in [0.15, 0.2) is 55.0 Å². The maximum absolute atomic E-state index is 14.6. The van der Waals surface area contributed by atoms with Gasteiger partial charge in [-0.1, -0.05) is 78.6 Å². The second-order valence-electron chi connectivity index (χ2n) is 19.8. The Morgan fingerprint density at radius 2 is 1.27 bits per heavy atom. The van der Waals surface area contributed by atoms with Gasteiger partial charge in [0.25, 0.3) is 17.3 Å². The third kappa shape index (κ3) is 19.9. The fourth-order valence-electron chi connectivity index (χ4n) is 7.84. The van der Waals surface area contributed by atoms with Crippen LogP contribution >= 0.6 is 0 Å². The van der Waals surface area contributed by atoms with Gasteiger partial charge < -0.3 is 47.8 Å². The van der Waals surface area contributed by atoms with Crippen LogP contribution in [0.2, 0.25) is 0 Å². The van der Waals surface area contributed by atoms with Crippen LogP contribution in [-0.4, -0.2) is 125 Å². The molecule has 0 radical (unpaired) electrons. The Morgan fingerprint density at radius 3 is 1.84 bits per heavy atom. The molecule has 0 aliphatic heterocycles. The molecular weight excluding hydrogens is 1010 g/mol. The number of non-ortho nitro benzene ring substituents is 1. The van der Waals surface area contributed by atoms with Gasteiger partial charge in [0.15, 0.2) is 0 Å². The molecule has 418 valence electrons. The van der Waals surface area contributed by atoms with E-state index in [4.69, 9.17) is 5.73 Å². The number of Topliss-reactive ketones (excluding diaryl/α,β-unsaturated/α-hetero) is 1. The van der Waals surface area contributed by atoms with E-state index < -0.39 is 154 Å². The SMILES string of the molecule is CCCC[C@H](NC(=O)[C@H](CC(C)C)NC(=O)[C@@H](NC(=O)[C@H](Cc1ccccc1C)NC(=O)[C@H](CCC(=O)O)NC(=O)[C@H](Cc1cn(-c2ccc([N+](=O)[O-])cc2[N+](=O)[O-])cn1)NC(=O)CCC(=O)O)C(C)(C)C)C(=O)C(N)=O. The predicted molar refractivity (Wildman–Crippen MR) is 273 cm³/mol. The molecule has 0 spiro atoms. The van der Waals surface area contributed by atoms with E-state index in [2.05, 4.69) is 36.9 Å². The number of nitrogens with one attached hydrogen (secondary N) is 6. The van der Waals surface area contributed by atoms with Crippen LogP contribution in [0.3, 0.4) is 0 Å². The molecule has 1 heterocycles. The number of nitro groups is 2. The van der Waals surface area contributed by atoms with Crippen LogP contribution in [0, 0.1) is 38.5 Å². The Labute approximate surface area is 442 Å². The van der Waals surface area contributed by atoms with E-state index in [1.54, 1.807) is 65.8 Å². The van der Waals surface area contributed by atoms with E-state index in [1.165, 1.54) is 6.20 Å². The highest BCUT2D eigenvalue weighted by Crippen LogP contribution is 2.28. The minimum Gasteiger partial charge on any atom is -0.481 e. The molecule has 2 aromatic carbocycles. The number of hydrogen-bond donors (Lipinski definition) is 9. The number of carboxylic acid groups (broad SMARTS) is 2. The molecule has 27 nitrogen and oxygen atoms in total. The molecule has 0 unspecified atom stereocenters. The van der Waals surface area contributed by atoms with Crippen molar-refractivity contribution in [1.82, 2.24) is 41.5 Å². The lowest BCUT2D eigenvalue weighted by Crippen LogP contribution is -2.62. The molecule has 6 atom stereocenters. The molecule has 0 aliphatic rings. The number of ketones is 1. The maximum atomic E-state index is 14.6. The summed E-state index contributed by atoms with van der Waals surface area (Å²) >= 11 is 0. The van der Waals surface area contributed by atoms with Crippen LogP contribution in [0.5, 0.6) is 0 Å². The summed E-state index contributed by atoms with van der Waals surface area (Å²) in [6.45, 7) is 12.0. The molecule has 10 N–H and O–H groups in total. The zero-order valence-electron chi connectivity index (χ0n) is 43.8. The molecule has 0 bridgehead atoms. The number of hydrogen-bond acceptors (Lipinski definition) is 15. The van der Waals surface area contributed by atoms with Crippen molar-refractivity contribution in [2.24, 2.45) is 17.1 Å². The molecule has 3 aromatic rings. The fraction of sp³-hybridized carbons (Fsp3) is 0.500. The van der Waals surface area contributed by atoms with Gasteiger partial charge in [0.05, 0.1) is 40.4 Å². The summed E-state index contributed by atoms with van der Waals surface area (Å²) in [5, 5.41) is 57.4. The number of carbonyl (C=O) groups is 10. The molecule has 27 heteroatoms. The van der Waals surface area contributed by atoms with Gasteiger partial charge in [0.2, 0.25) is 41.2 Å². The monoisotopic (exact) mass is 1080 g/mol. The van der Waals surface area contributed by atoms with Crippen LogP contribution in [-0.2, 0) is 60.8 Å². The second-order valence-corrected chi connectivity index (χ2v) is 19.8. The second kappa shape index (κ2) is 28.9. The summed E-state index contributed by atoms with van der Waals surface area (Å²) in [6, 6.07) is 0.722. The number of nitrogens with two attached hydrogens (primary N) is 1. The van der Waals surface area contributed by atoms with Crippen molar-refractivity contribution in [2.45, 2.75) is 149 Å². The van der Waals surface area contributed by atoms with Crippen LogP contribution in [0.1, 0.15) is 110 Å². The lowest BCUT2D eigenvalue weighted by Gasteiger charge is -2.34. The van der Waals surface area contributed by atoms with E-state index in [9.17, 15) is 78.4 Å². The number of carboxylic acids is 2. The third-order valence-electron chi connectivity index (χ3n) is 12.0. The van der Waals surface area contributed by atoms with Crippen molar-refractivity contribution in [3.8, 4) is 5.69 Å². The van der Waals surface area contributed by atoms with E-state index in [1.807, 2.05) is 6.92 Å². The molecule has 77 heavy (non-hydrogen) atoms. The number of aliphatic carboxylic acids is 2. The number of primary amides is 1. The van der Waals surface area contributed by atoms with Crippen LogP contribution < -0.4 is 37.6 Å². The quantitative estimate of drug-likeness (QED) is 0.0252. The average molecular weight is 1080 g/mol. The smallest absolute Gasteiger partial charge is 0.303 e. The van der Waals surface area contributed by atoms with Crippen molar-refractivity contribution >= 4 is 70.4 Å². The first kappa shape index (κ1) is 62.6. The summed E-state index contributed by atoms with van der Waals surface area (Å²) in [4.78, 5) is 158. The number of imidazole rings is 1. The first-order valence-corrected chi connectivity index (χ1v) is 24.6. The first-order valence-electron chi connectivity index (χ1n) is 24.6. The Kier molecular flexibility index (Phi) is 23.5. The van der Waals surface area contributed by atoms with Gasteiger partial charge in [-0.05, 0) is 54.7 Å². The number of unbranched alkanes of at least 4 members (excludes halogenated alkanes) is 1. The lowest BCUT2D eigenvalue weighted by molar-refractivity contribution is -0.394. The summed E-state index contributed by atoms with van der Waals surface area (Å²) in [5.41, 5.74) is 3.97. The lowest BCUT2D eigenvalue weighted by atomic mass is 9.85. The number of benzene rings is 2. The largest absolute Gasteiger partial charge is 0.481 e. The molecule has 1 aromatic heterocycles. The van der Waals surface area contributed by atoms with E-state index in [-0.39, 0.29) is 36.6 Å². The first-order chi connectivity index (χ1) is 36.0. The van der Waals surface area contributed by atoms with E-state index in [0.717, 1.165) is 29.1 Å². The maximum Gasteiger partial charge on any atom is 0.303 e. The van der Waals surface area contributed by atoms with Crippen molar-refractivity contribution in [3.05, 3.63) is 92.0 Å². The highest BCUT2D eigenvalue weighted by molar-refractivity contribution is 6.37. The average Bonchev–Trinajstić information content (AvgIpc) is 3.81. The number of nitro benzene ring substituents is 2. The van der Waals surface area contributed by atoms with Crippen molar-refractivity contribution in [1.29, 1.82) is 0 Å². The summed E-state index contributed by atoms with van der Waals surface area (Å²) in [7, 11) is 0. The van der Waals surface area contributed by atoms with Gasteiger partial charge in [-0.25, -0.2) is 4.98 Å². The zero-order valence-corrected chi connectivity index (χ0v) is 43.8. The minimum atomic E-state index is -1.75. The predicted octanol–water partition coefficient (Wildman–Crippen LogP) is 1.76.